The first kappa shape index (κ1) is 18.1. The van der Waals surface area contributed by atoms with Crippen LogP contribution in [0.3, 0.4) is 0 Å². The number of carboxylic acid groups (broad SMARTS) is 1. The number of carboxylic acids is 1. The van der Waals surface area contributed by atoms with Crippen molar-refractivity contribution in [3.63, 3.8) is 0 Å². The molecule has 8 nitrogen and oxygen atoms in total. The van der Waals surface area contributed by atoms with Crippen molar-refractivity contribution >= 4 is 27.3 Å². The molecule has 0 spiro atoms. The van der Waals surface area contributed by atoms with Gasteiger partial charge in [0.15, 0.2) is 5.76 Å². The number of hydrogen-bond acceptors (Lipinski definition) is 7. The number of fused-ring (bicyclic) bond motifs is 1. The van der Waals surface area contributed by atoms with Gasteiger partial charge in [0.1, 0.15) is 4.21 Å². The van der Waals surface area contributed by atoms with E-state index >= 15 is 0 Å². The van der Waals surface area contributed by atoms with Crippen molar-refractivity contribution in [2.24, 2.45) is 0 Å². The minimum Gasteiger partial charge on any atom is -0.478 e. The van der Waals surface area contributed by atoms with E-state index in [2.05, 4.69) is 15.2 Å². The second kappa shape index (κ2) is 6.87. The second-order valence-electron chi connectivity index (χ2n) is 5.82. The van der Waals surface area contributed by atoms with E-state index in [0.717, 1.165) is 21.9 Å². The van der Waals surface area contributed by atoms with Gasteiger partial charge in [0.05, 0.1) is 17.3 Å². The number of rotatable bonds is 6. The Balaban J connectivity index is 1.94. The maximum Gasteiger partial charge on any atom is 0.338 e. The monoisotopic (exact) mass is 385 g/mol. The minimum atomic E-state index is -4.00. The fourth-order valence-electron chi connectivity index (χ4n) is 2.76. The topological polar surface area (TPSA) is 122 Å². The van der Waals surface area contributed by atoms with E-state index in [0.29, 0.717) is 37.3 Å². The summed E-state index contributed by atoms with van der Waals surface area (Å²) in [4.78, 5) is 12.4. The van der Waals surface area contributed by atoms with Crippen molar-refractivity contribution in [2.75, 3.05) is 6.54 Å². The predicted octanol–water partition coefficient (Wildman–Crippen LogP) is 1.68. The van der Waals surface area contributed by atoms with Crippen LogP contribution in [-0.2, 0) is 29.4 Å². The molecule has 1 aliphatic heterocycles. The lowest BCUT2D eigenvalue weighted by Crippen LogP contribution is -2.27. The van der Waals surface area contributed by atoms with Crippen LogP contribution in [0.15, 0.2) is 14.8 Å². The third kappa shape index (κ3) is 3.47. The van der Waals surface area contributed by atoms with Crippen LogP contribution < -0.4 is 10.0 Å². The largest absolute Gasteiger partial charge is 0.478 e. The molecule has 3 heterocycles. The summed E-state index contributed by atoms with van der Waals surface area (Å²) in [5.74, 6) is -0.833. The Morgan fingerprint density at radius 2 is 2.32 bits per heavy atom. The van der Waals surface area contributed by atoms with E-state index in [4.69, 9.17) is 4.52 Å². The summed E-state index contributed by atoms with van der Waals surface area (Å²) in [5.41, 5.74) is 1.22. The molecule has 1 atom stereocenters. The van der Waals surface area contributed by atoms with Crippen LogP contribution in [0, 0.1) is 0 Å². The van der Waals surface area contributed by atoms with E-state index in [1.54, 1.807) is 13.0 Å². The van der Waals surface area contributed by atoms with E-state index < -0.39 is 22.0 Å². The van der Waals surface area contributed by atoms with Gasteiger partial charge in [-0.25, -0.2) is 13.2 Å². The fraction of sp³-hybridized carbons (Fsp3) is 0.467. The molecule has 2 aromatic rings. The molecule has 1 unspecified atom stereocenters. The Morgan fingerprint density at radius 1 is 1.56 bits per heavy atom. The van der Waals surface area contributed by atoms with Gasteiger partial charge in [-0.3, -0.25) is 0 Å². The highest BCUT2D eigenvalue weighted by molar-refractivity contribution is 7.91. The highest BCUT2D eigenvalue weighted by Crippen LogP contribution is 2.35. The first-order valence-corrected chi connectivity index (χ1v) is 10.2. The van der Waals surface area contributed by atoms with E-state index in [1.165, 1.54) is 0 Å². The Bertz CT molecular complexity index is 900. The van der Waals surface area contributed by atoms with Gasteiger partial charge in [0.25, 0.3) is 10.0 Å². The summed E-state index contributed by atoms with van der Waals surface area (Å²) in [6.45, 7) is 4.66. The molecule has 0 saturated carbocycles. The molecule has 0 bridgehead atoms. The molecule has 0 amide bonds. The lowest BCUT2D eigenvalue weighted by Gasteiger charge is -2.13. The zero-order valence-corrected chi connectivity index (χ0v) is 15.5. The van der Waals surface area contributed by atoms with Crippen LogP contribution in [0.1, 0.15) is 52.1 Å². The lowest BCUT2D eigenvalue weighted by atomic mass is 10.1. The van der Waals surface area contributed by atoms with Crippen LogP contribution in [0.25, 0.3) is 0 Å². The summed E-state index contributed by atoms with van der Waals surface area (Å²) >= 11 is 1.00. The predicted molar refractivity (Wildman–Crippen MR) is 91.3 cm³/mol. The second-order valence-corrected chi connectivity index (χ2v) is 8.83. The molecule has 3 rings (SSSR count). The van der Waals surface area contributed by atoms with Crippen molar-refractivity contribution in [3.8, 4) is 0 Å². The Kier molecular flexibility index (Phi) is 4.96. The van der Waals surface area contributed by atoms with Gasteiger partial charge < -0.3 is 14.9 Å². The molecule has 136 valence electrons. The van der Waals surface area contributed by atoms with Gasteiger partial charge in [0.2, 0.25) is 0 Å². The maximum absolute atomic E-state index is 12.8. The van der Waals surface area contributed by atoms with Gasteiger partial charge >= 0.3 is 5.97 Å². The number of aryl methyl sites for hydroxylation is 1. The number of carbonyl (C=O) groups is 1. The molecule has 0 fully saturated rings. The Hall–Kier alpha value is -1.75. The lowest BCUT2D eigenvalue weighted by molar-refractivity contribution is 0.0692. The minimum absolute atomic E-state index is 0.118. The number of thiophene rings is 1. The molecule has 0 saturated heterocycles. The molecule has 10 heteroatoms. The van der Waals surface area contributed by atoms with E-state index in [-0.39, 0.29) is 9.77 Å². The smallest absolute Gasteiger partial charge is 0.338 e. The quantitative estimate of drug-likeness (QED) is 0.691. The van der Waals surface area contributed by atoms with Crippen molar-refractivity contribution in [2.45, 2.75) is 43.5 Å². The van der Waals surface area contributed by atoms with E-state index in [9.17, 15) is 18.3 Å². The molecular formula is C15H19N3O5S2. The number of hydrogen-bond donors (Lipinski definition) is 3. The number of nitrogens with zero attached hydrogens (tertiary/aromatic N) is 1. The van der Waals surface area contributed by atoms with Gasteiger partial charge in [0, 0.05) is 17.5 Å². The van der Waals surface area contributed by atoms with Crippen LogP contribution in [0.5, 0.6) is 0 Å². The average Bonchev–Trinajstić information content (AvgIpc) is 3.19. The van der Waals surface area contributed by atoms with E-state index in [1.807, 2.05) is 6.92 Å². The number of sulfonamides is 1. The fourth-order valence-corrected chi connectivity index (χ4v) is 5.85. The van der Waals surface area contributed by atoms with Crippen LogP contribution in [0.4, 0.5) is 0 Å². The summed E-state index contributed by atoms with van der Waals surface area (Å²) < 4.78 is 33.1. The van der Waals surface area contributed by atoms with Crippen molar-refractivity contribution in [1.29, 1.82) is 0 Å². The van der Waals surface area contributed by atoms with Crippen molar-refractivity contribution in [1.82, 2.24) is 15.2 Å². The molecule has 0 aromatic carbocycles. The van der Waals surface area contributed by atoms with Gasteiger partial charge in [-0.15, -0.1) is 11.3 Å². The standard InChI is InChI=1S/C15H19N3O5S2/c1-3-9-6-11(23-17-9)8(2)18-25(21,22)15-13(14(19)20)10-4-5-16-7-12(10)24-15/h6,8,16,18H,3-5,7H2,1-2H3,(H,19,20). The Morgan fingerprint density at radius 3 is 2.96 bits per heavy atom. The normalized spacial score (nSPS) is 15.8. The summed E-state index contributed by atoms with van der Waals surface area (Å²) in [6, 6.07) is 1.03. The van der Waals surface area contributed by atoms with Crippen LogP contribution in [0.2, 0.25) is 0 Å². The molecule has 2 aromatic heterocycles. The first-order valence-electron chi connectivity index (χ1n) is 7.89. The first-order chi connectivity index (χ1) is 11.8. The Labute approximate surface area is 149 Å². The third-order valence-electron chi connectivity index (χ3n) is 4.05. The summed E-state index contributed by atoms with van der Waals surface area (Å²) in [6.07, 6.45) is 1.18. The summed E-state index contributed by atoms with van der Waals surface area (Å²) in [7, 11) is -4.00. The van der Waals surface area contributed by atoms with Crippen LogP contribution in [-0.4, -0.2) is 31.2 Å². The molecule has 0 radical (unpaired) electrons. The van der Waals surface area contributed by atoms with Gasteiger partial charge in [-0.1, -0.05) is 12.1 Å². The van der Waals surface area contributed by atoms with Crippen molar-refractivity contribution in [3.05, 3.63) is 33.5 Å². The zero-order valence-electron chi connectivity index (χ0n) is 13.8. The molecule has 0 aliphatic carbocycles. The van der Waals surface area contributed by atoms with Gasteiger partial charge in [-0.2, -0.15) is 4.72 Å². The third-order valence-corrected chi connectivity index (χ3v) is 7.34. The number of aromatic nitrogens is 1. The highest BCUT2D eigenvalue weighted by Gasteiger charge is 2.33. The summed E-state index contributed by atoms with van der Waals surface area (Å²) in [5, 5.41) is 16.5. The molecule has 25 heavy (non-hydrogen) atoms. The zero-order chi connectivity index (χ0) is 18.2. The van der Waals surface area contributed by atoms with Crippen molar-refractivity contribution < 1.29 is 22.8 Å². The molecule has 3 N–H and O–H groups in total. The highest BCUT2D eigenvalue weighted by atomic mass is 32.2. The average molecular weight is 385 g/mol. The molecule has 1 aliphatic rings. The SMILES string of the molecule is CCc1cc(C(C)NS(=O)(=O)c2sc3c(c2C(=O)O)CCNC3)on1. The number of aromatic carboxylic acids is 1. The maximum atomic E-state index is 12.8. The number of nitrogens with one attached hydrogen (secondary N) is 2. The van der Waals surface area contributed by atoms with Crippen LogP contribution >= 0.6 is 11.3 Å². The van der Waals surface area contributed by atoms with Gasteiger partial charge in [-0.05, 0) is 31.9 Å². The molecular weight excluding hydrogens is 366 g/mol.